The van der Waals surface area contributed by atoms with E-state index in [4.69, 9.17) is 0 Å². The van der Waals surface area contributed by atoms with Crippen molar-refractivity contribution >= 4 is 16.9 Å². The van der Waals surface area contributed by atoms with E-state index in [9.17, 15) is 9.59 Å². The zero-order valence-electron chi connectivity index (χ0n) is 17.2. The second-order valence-electron chi connectivity index (χ2n) is 8.86. The number of aryl methyl sites for hydroxylation is 1. The molecule has 1 saturated heterocycles. The van der Waals surface area contributed by atoms with Gasteiger partial charge in [0.05, 0.1) is 11.0 Å². The van der Waals surface area contributed by atoms with Crippen LogP contribution in [0.15, 0.2) is 29.1 Å². The highest BCUT2D eigenvalue weighted by molar-refractivity contribution is 5.80. The topological polar surface area (TPSA) is 59.3 Å². The van der Waals surface area contributed by atoms with Gasteiger partial charge >= 0.3 is 5.69 Å². The molecule has 1 aromatic heterocycles. The Morgan fingerprint density at radius 2 is 1.74 bits per heavy atom. The van der Waals surface area contributed by atoms with Crippen LogP contribution in [0.2, 0.25) is 0 Å². The number of rotatable bonds is 5. The third-order valence-electron chi connectivity index (χ3n) is 5.80. The van der Waals surface area contributed by atoms with Gasteiger partial charge in [0, 0.05) is 32.2 Å². The van der Waals surface area contributed by atoms with Crippen LogP contribution >= 0.6 is 0 Å². The van der Waals surface area contributed by atoms with E-state index in [1.807, 2.05) is 24.3 Å². The lowest BCUT2D eigenvalue weighted by atomic mass is 9.88. The summed E-state index contributed by atoms with van der Waals surface area (Å²) in [6.07, 6.45) is 1.27. The zero-order chi connectivity index (χ0) is 19.8. The van der Waals surface area contributed by atoms with Crippen molar-refractivity contribution in [2.24, 2.45) is 18.9 Å². The van der Waals surface area contributed by atoms with Crippen molar-refractivity contribution in [3.8, 4) is 0 Å². The average molecular weight is 373 g/mol. The minimum absolute atomic E-state index is 0.0447. The number of amides is 1. The summed E-state index contributed by atoms with van der Waals surface area (Å²) in [7, 11) is 1.74. The molecule has 148 valence electrons. The van der Waals surface area contributed by atoms with Gasteiger partial charge in [0.25, 0.3) is 0 Å². The molecule has 27 heavy (non-hydrogen) atoms. The van der Waals surface area contributed by atoms with Crippen LogP contribution < -0.4 is 11.0 Å². The number of nitrogens with zero attached hydrogens (tertiary/aromatic N) is 3. The molecule has 1 fully saturated rings. The molecular weight excluding hydrogens is 340 g/mol. The van der Waals surface area contributed by atoms with Gasteiger partial charge in [-0.2, -0.15) is 0 Å². The van der Waals surface area contributed by atoms with E-state index in [2.05, 4.69) is 37.9 Å². The van der Waals surface area contributed by atoms with Gasteiger partial charge in [-0.15, -0.1) is 0 Å². The Hall–Kier alpha value is -2.08. The number of aromatic nitrogens is 2. The first-order valence-corrected chi connectivity index (χ1v) is 9.85. The fourth-order valence-corrected chi connectivity index (χ4v) is 4.30. The Kier molecular flexibility index (Phi) is 5.47. The quantitative estimate of drug-likeness (QED) is 0.875. The highest BCUT2D eigenvalue weighted by atomic mass is 16.2. The van der Waals surface area contributed by atoms with Crippen molar-refractivity contribution in [2.75, 3.05) is 19.6 Å². The van der Waals surface area contributed by atoms with Crippen LogP contribution in [0.1, 0.15) is 34.1 Å². The summed E-state index contributed by atoms with van der Waals surface area (Å²) < 4.78 is 3.13. The van der Waals surface area contributed by atoms with Crippen LogP contribution in [0, 0.1) is 11.8 Å². The van der Waals surface area contributed by atoms with Crippen molar-refractivity contribution in [1.29, 1.82) is 0 Å². The van der Waals surface area contributed by atoms with Crippen molar-refractivity contribution < 1.29 is 4.79 Å². The van der Waals surface area contributed by atoms with Gasteiger partial charge < -0.3 is 5.32 Å². The Morgan fingerprint density at radius 3 is 2.37 bits per heavy atom. The van der Waals surface area contributed by atoms with Crippen LogP contribution in [0.3, 0.4) is 0 Å². The number of nitrogens with one attached hydrogen (secondary N) is 1. The van der Waals surface area contributed by atoms with Crippen molar-refractivity contribution in [1.82, 2.24) is 19.4 Å². The summed E-state index contributed by atoms with van der Waals surface area (Å²) in [6.45, 7) is 11.7. The second kappa shape index (κ2) is 7.50. The van der Waals surface area contributed by atoms with Crippen LogP contribution in [0.4, 0.5) is 0 Å². The van der Waals surface area contributed by atoms with E-state index in [1.54, 1.807) is 16.2 Å². The van der Waals surface area contributed by atoms with Crippen LogP contribution in [0.5, 0.6) is 0 Å². The molecule has 0 bridgehead atoms. The van der Waals surface area contributed by atoms with E-state index < -0.39 is 0 Å². The normalized spacial score (nSPS) is 21.5. The van der Waals surface area contributed by atoms with Crippen molar-refractivity contribution in [3.63, 3.8) is 0 Å². The zero-order valence-corrected chi connectivity index (χ0v) is 17.2. The lowest BCUT2D eigenvalue weighted by Gasteiger charge is -2.45. The molecule has 1 aliphatic rings. The fraction of sp³-hybridized carbons (Fsp3) is 0.619. The molecule has 1 aliphatic heterocycles. The Morgan fingerprint density at radius 1 is 1.15 bits per heavy atom. The predicted molar refractivity (Wildman–Crippen MR) is 109 cm³/mol. The summed E-state index contributed by atoms with van der Waals surface area (Å²) in [5, 5.41) is 3.05. The number of likely N-dealkylation sites (tertiary alicyclic amines) is 1. The summed E-state index contributed by atoms with van der Waals surface area (Å²) in [6, 6.07) is 7.56. The number of benzene rings is 1. The number of hydrogen-bond donors (Lipinski definition) is 1. The maximum Gasteiger partial charge on any atom is 0.329 e. The van der Waals surface area contributed by atoms with Gasteiger partial charge in [0.2, 0.25) is 5.91 Å². The minimum atomic E-state index is -0.163. The van der Waals surface area contributed by atoms with E-state index >= 15 is 0 Å². The molecule has 2 atom stereocenters. The standard InChI is InChI=1S/C21H32N4O2/c1-15-10-16(2)12-24(11-15)21(3,4)14-22-19(26)13-25-18-9-7-6-8-17(18)23(5)20(25)27/h6-9,15-16H,10-14H2,1-5H3,(H,22,26). The summed E-state index contributed by atoms with van der Waals surface area (Å²) in [5.41, 5.74) is 1.36. The molecule has 0 saturated carbocycles. The first-order valence-electron chi connectivity index (χ1n) is 9.85. The first-order chi connectivity index (χ1) is 12.7. The van der Waals surface area contributed by atoms with Crippen LogP contribution in [-0.4, -0.2) is 45.1 Å². The molecule has 0 spiro atoms. The van der Waals surface area contributed by atoms with Gasteiger partial charge in [-0.05, 0) is 44.2 Å². The molecule has 2 unspecified atom stereocenters. The lowest BCUT2D eigenvalue weighted by molar-refractivity contribution is -0.122. The van der Waals surface area contributed by atoms with E-state index in [0.29, 0.717) is 18.4 Å². The molecule has 6 heteroatoms. The highest BCUT2D eigenvalue weighted by Gasteiger charge is 2.32. The number of piperidine rings is 1. The van der Waals surface area contributed by atoms with Gasteiger partial charge in [0.1, 0.15) is 6.54 Å². The monoisotopic (exact) mass is 372 g/mol. The third-order valence-corrected chi connectivity index (χ3v) is 5.80. The van der Waals surface area contributed by atoms with Gasteiger partial charge in [-0.1, -0.05) is 26.0 Å². The number of carbonyl (C=O) groups is 1. The number of hydrogen-bond acceptors (Lipinski definition) is 3. The molecule has 1 N–H and O–H groups in total. The smallest absolute Gasteiger partial charge is 0.329 e. The van der Waals surface area contributed by atoms with E-state index in [1.165, 1.54) is 6.42 Å². The van der Waals surface area contributed by atoms with Crippen molar-refractivity contribution in [2.45, 2.75) is 46.2 Å². The summed E-state index contributed by atoms with van der Waals surface area (Å²) in [5.74, 6) is 1.23. The fourth-order valence-electron chi connectivity index (χ4n) is 4.30. The molecule has 0 aliphatic carbocycles. The average Bonchev–Trinajstić information content (AvgIpc) is 2.85. The molecule has 2 heterocycles. The summed E-state index contributed by atoms with van der Waals surface area (Å²) >= 11 is 0. The lowest BCUT2D eigenvalue weighted by Crippen LogP contribution is -2.56. The third kappa shape index (κ3) is 4.10. The molecule has 0 radical (unpaired) electrons. The highest BCUT2D eigenvalue weighted by Crippen LogP contribution is 2.26. The Balaban J connectivity index is 1.66. The van der Waals surface area contributed by atoms with E-state index in [0.717, 1.165) is 24.1 Å². The maximum atomic E-state index is 12.6. The van der Waals surface area contributed by atoms with Crippen molar-refractivity contribution in [3.05, 3.63) is 34.7 Å². The minimum Gasteiger partial charge on any atom is -0.353 e. The van der Waals surface area contributed by atoms with Gasteiger partial charge in [0.15, 0.2) is 0 Å². The molecule has 1 aromatic carbocycles. The van der Waals surface area contributed by atoms with Gasteiger partial charge in [-0.3, -0.25) is 18.8 Å². The molecular formula is C21H32N4O2. The number of fused-ring (bicyclic) bond motifs is 1. The SMILES string of the molecule is CC1CC(C)CN(C(C)(C)CNC(=O)Cn2c(=O)n(C)c3ccccc32)C1. The molecule has 2 aromatic rings. The van der Waals surface area contributed by atoms with Crippen LogP contribution in [-0.2, 0) is 18.4 Å². The van der Waals surface area contributed by atoms with Crippen LogP contribution in [0.25, 0.3) is 11.0 Å². The van der Waals surface area contributed by atoms with E-state index in [-0.39, 0.29) is 23.7 Å². The van der Waals surface area contributed by atoms with Gasteiger partial charge in [-0.25, -0.2) is 4.79 Å². The second-order valence-corrected chi connectivity index (χ2v) is 8.86. The largest absolute Gasteiger partial charge is 0.353 e. The Bertz CT molecular complexity index is 870. The number of para-hydroxylation sites is 2. The summed E-state index contributed by atoms with van der Waals surface area (Å²) in [4.78, 5) is 27.5. The Labute approximate surface area is 161 Å². The number of carbonyl (C=O) groups excluding carboxylic acids is 1. The predicted octanol–water partition coefficient (Wildman–Crippen LogP) is 2.21. The molecule has 1 amide bonds. The first kappa shape index (κ1) is 19.7. The maximum absolute atomic E-state index is 12.6. The molecule has 3 rings (SSSR count). The molecule has 6 nitrogen and oxygen atoms in total. The number of imidazole rings is 1.